The lowest BCUT2D eigenvalue weighted by atomic mass is 10.1. The Balaban J connectivity index is 1.86. The van der Waals surface area contributed by atoms with Gasteiger partial charge in [0.25, 0.3) is 0 Å². The third kappa shape index (κ3) is 3.31. The molecule has 4 heteroatoms. The Morgan fingerprint density at radius 2 is 2.22 bits per heavy atom. The summed E-state index contributed by atoms with van der Waals surface area (Å²) in [4.78, 5) is 11.1. The molecule has 2 atom stereocenters. The van der Waals surface area contributed by atoms with Gasteiger partial charge in [0, 0.05) is 6.42 Å². The quantitative estimate of drug-likeness (QED) is 0.765. The molecule has 18 heavy (non-hydrogen) atoms. The summed E-state index contributed by atoms with van der Waals surface area (Å²) in [5, 5.41) is 0. The van der Waals surface area contributed by atoms with Gasteiger partial charge >= 0.3 is 5.97 Å². The highest BCUT2D eigenvalue weighted by Crippen LogP contribution is 2.20. The molecule has 1 heterocycles. The van der Waals surface area contributed by atoms with E-state index in [2.05, 4.69) is 23.8 Å². The van der Waals surface area contributed by atoms with Crippen LogP contribution in [0.1, 0.15) is 17.5 Å². The third-order valence-corrected chi connectivity index (χ3v) is 3.08. The smallest absolute Gasteiger partial charge is 0.308 e. The Morgan fingerprint density at radius 1 is 1.44 bits per heavy atom. The molecule has 2 rings (SSSR count). The van der Waals surface area contributed by atoms with Crippen molar-refractivity contribution < 1.29 is 19.0 Å². The van der Waals surface area contributed by atoms with E-state index in [0.29, 0.717) is 13.0 Å². The van der Waals surface area contributed by atoms with Crippen molar-refractivity contribution in [3.8, 4) is 0 Å². The molecule has 2 unspecified atom stereocenters. The number of rotatable bonds is 4. The minimum absolute atomic E-state index is 0.188. The summed E-state index contributed by atoms with van der Waals surface area (Å²) in [5.74, 6) is -0.264. The van der Waals surface area contributed by atoms with Gasteiger partial charge in [-0.3, -0.25) is 4.79 Å². The second-order valence-corrected chi connectivity index (χ2v) is 4.43. The number of esters is 1. The average Bonchev–Trinajstić information content (AvgIpc) is 2.79. The van der Waals surface area contributed by atoms with E-state index in [1.54, 1.807) is 0 Å². The van der Waals surface area contributed by atoms with Crippen molar-refractivity contribution in [2.45, 2.75) is 32.2 Å². The number of benzene rings is 1. The average molecular weight is 250 g/mol. The first-order chi connectivity index (χ1) is 8.69. The molecular formula is C14H18O4. The van der Waals surface area contributed by atoms with E-state index in [0.717, 1.165) is 0 Å². The Hall–Kier alpha value is -1.39. The van der Waals surface area contributed by atoms with Gasteiger partial charge in [0.2, 0.25) is 0 Å². The van der Waals surface area contributed by atoms with Gasteiger partial charge in [0.1, 0.15) is 0 Å². The van der Waals surface area contributed by atoms with Crippen LogP contribution in [-0.2, 0) is 25.4 Å². The summed E-state index contributed by atoms with van der Waals surface area (Å²) in [6, 6.07) is 8.14. The fourth-order valence-corrected chi connectivity index (χ4v) is 2.01. The minimum Gasteiger partial charge on any atom is -0.469 e. The molecule has 0 aromatic heterocycles. The number of carbonyl (C=O) groups is 1. The number of ether oxygens (including phenoxy) is 3. The van der Waals surface area contributed by atoms with Crippen molar-refractivity contribution in [1.82, 2.24) is 0 Å². The van der Waals surface area contributed by atoms with Gasteiger partial charge < -0.3 is 14.2 Å². The van der Waals surface area contributed by atoms with Crippen LogP contribution in [0.25, 0.3) is 0 Å². The standard InChI is InChI=1S/C14H18O4/c1-10-5-3-4-6-11(10)7-14-17-9-12(18-14)8-13(15)16-2/h3-6,12,14H,7-9H2,1-2H3. The fourth-order valence-electron chi connectivity index (χ4n) is 2.01. The number of hydrogen-bond acceptors (Lipinski definition) is 4. The van der Waals surface area contributed by atoms with Gasteiger partial charge in [-0.2, -0.15) is 0 Å². The third-order valence-electron chi connectivity index (χ3n) is 3.08. The molecule has 4 nitrogen and oxygen atoms in total. The summed E-state index contributed by atoms with van der Waals surface area (Å²) in [7, 11) is 1.38. The van der Waals surface area contributed by atoms with Crippen molar-refractivity contribution >= 4 is 5.97 Å². The van der Waals surface area contributed by atoms with E-state index < -0.39 is 0 Å². The van der Waals surface area contributed by atoms with Crippen LogP contribution >= 0.6 is 0 Å². The zero-order valence-electron chi connectivity index (χ0n) is 10.7. The molecule has 0 saturated carbocycles. The van der Waals surface area contributed by atoms with Crippen LogP contribution in [0, 0.1) is 6.92 Å². The molecule has 1 aliphatic heterocycles. The maximum atomic E-state index is 11.1. The van der Waals surface area contributed by atoms with Crippen molar-refractivity contribution in [3.63, 3.8) is 0 Å². The number of methoxy groups -OCH3 is 1. The first-order valence-electron chi connectivity index (χ1n) is 6.07. The maximum absolute atomic E-state index is 11.1. The molecule has 0 spiro atoms. The summed E-state index contributed by atoms with van der Waals surface area (Å²) in [5.41, 5.74) is 2.43. The molecule has 1 fully saturated rings. The second kappa shape index (κ2) is 5.98. The van der Waals surface area contributed by atoms with Crippen LogP contribution in [0.2, 0.25) is 0 Å². The van der Waals surface area contributed by atoms with E-state index in [1.165, 1.54) is 18.2 Å². The normalized spacial score (nSPS) is 23.0. The van der Waals surface area contributed by atoms with E-state index in [4.69, 9.17) is 9.47 Å². The maximum Gasteiger partial charge on any atom is 0.308 e. The SMILES string of the molecule is COC(=O)CC1COC(Cc2ccccc2C)O1. The number of hydrogen-bond donors (Lipinski definition) is 0. The Labute approximate surface area is 107 Å². The van der Waals surface area contributed by atoms with E-state index in [9.17, 15) is 4.79 Å². The lowest BCUT2D eigenvalue weighted by molar-refractivity contribution is -0.143. The van der Waals surface area contributed by atoms with Crippen LogP contribution < -0.4 is 0 Å². The van der Waals surface area contributed by atoms with E-state index in [-0.39, 0.29) is 24.8 Å². The molecule has 1 aliphatic rings. The molecule has 0 radical (unpaired) electrons. The van der Waals surface area contributed by atoms with Crippen molar-refractivity contribution in [3.05, 3.63) is 35.4 Å². The Bertz CT molecular complexity index is 416. The predicted octanol–water partition coefficient (Wildman–Crippen LogP) is 1.84. The highest BCUT2D eigenvalue weighted by atomic mass is 16.7. The van der Waals surface area contributed by atoms with Gasteiger partial charge in [-0.25, -0.2) is 0 Å². The molecule has 0 bridgehead atoms. The van der Waals surface area contributed by atoms with E-state index >= 15 is 0 Å². The lowest BCUT2D eigenvalue weighted by Crippen LogP contribution is -2.19. The molecule has 1 aromatic carbocycles. The minimum atomic E-state index is -0.264. The van der Waals surface area contributed by atoms with Crippen LogP contribution in [0.4, 0.5) is 0 Å². The van der Waals surface area contributed by atoms with Crippen LogP contribution in [0.15, 0.2) is 24.3 Å². The summed E-state index contributed by atoms with van der Waals surface area (Å²) >= 11 is 0. The highest BCUT2D eigenvalue weighted by Gasteiger charge is 2.28. The van der Waals surface area contributed by atoms with E-state index in [1.807, 2.05) is 12.1 Å². The summed E-state index contributed by atoms with van der Waals surface area (Å²) in [6.07, 6.45) is 0.512. The highest BCUT2D eigenvalue weighted by molar-refractivity contribution is 5.69. The molecule has 0 N–H and O–H groups in total. The summed E-state index contributed by atoms with van der Waals surface area (Å²) in [6.45, 7) is 2.52. The van der Waals surface area contributed by atoms with Gasteiger partial charge in [-0.05, 0) is 18.1 Å². The second-order valence-electron chi connectivity index (χ2n) is 4.43. The van der Waals surface area contributed by atoms with Crippen molar-refractivity contribution in [2.24, 2.45) is 0 Å². The Kier molecular flexibility index (Phi) is 4.33. The largest absolute Gasteiger partial charge is 0.469 e. The van der Waals surface area contributed by atoms with Crippen LogP contribution in [-0.4, -0.2) is 32.1 Å². The number of carbonyl (C=O) groups excluding carboxylic acids is 1. The van der Waals surface area contributed by atoms with Gasteiger partial charge in [-0.1, -0.05) is 24.3 Å². The first-order valence-corrected chi connectivity index (χ1v) is 6.07. The molecule has 98 valence electrons. The van der Waals surface area contributed by atoms with Gasteiger partial charge in [-0.15, -0.1) is 0 Å². The van der Waals surface area contributed by atoms with Crippen LogP contribution in [0.5, 0.6) is 0 Å². The topological polar surface area (TPSA) is 44.8 Å². The molecule has 0 aliphatic carbocycles. The number of aryl methyl sites for hydroxylation is 1. The van der Waals surface area contributed by atoms with Gasteiger partial charge in [0.15, 0.2) is 6.29 Å². The zero-order valence-corrected chi connectivity index (χ0v) is 10.7. The lowest BCUT2D eigenvalue weighted by Gasteiger charge is -2.12. The molecule has 0 amide bonds. The fraction of sp³-hybridized carbons (Fsp3) is 0.500. The summed E-state index contributed by atoms with van der Waals surface area (Å²) < 4.78 is 15.8. The monoisotopic (exact) mass is 250 g/mol. The Morgan fingerprint density at radius 3 is 2.94 bits per heavy atom. The van der Waals surface area contributed by atoms with Crippen molar-refractivity contribution in [1.29, 1.82) is 0 Å². The zero-order chi connectivity index (χ0) is 13.0. The molecular weight excluding hydrogens is 232 g/mol. The van der Waals surface area contributed by atoms with Crippen molar-refractivity contribution in [2.75, 3.05) is 13.7 Å². The predicted molar refractivity (Wildman–Crippen MR) is 66.1 cm³/mol. The first kappa shape index (κ1) is 13.1. The molecule has 1 saturated heterocycles. The van der Waals surface area contributed by atoms with Crippen LogP contribution in [0.3, 0.4) is 0 Å². The van der Waals surface area contributed by atoms with Gasteiger partial charge in [0.05, 0.1) is 26.2 Å². The molecule has 1 aromatic rings.